The number of rotatable bonds is 6. The van der Waals surface area contributed by atoms with Gasteiger partial charge in [-0.05, 0) is 37.6 Å². The van der Waals surface area contributed by atoms with Gasteiger partial charge < -0.3 is 0 Å². The lowest BCUT2D eigenvalue weighted by atomic mass is 10.2. The molecule has 0 spiro atoms. The summed E-state index contributed by atoms with van der Waals surface area (Å²) in [6, 6.07) is 14.2. The molecule has 3 rings (SSSR count). The second-order valence-corrected chi connectivity index (χ2v) is 8.77. The second-order valence-electron chi connectivity index (χ2n) is 6.19. The van der Waals surface area contributed by atoms with Crippen molar-refractivity contribution >= 4 is 33.2 Å². The van der Waals surface area contributed by atoms with Gasteiger partial charge in [-0.1, -0.05) is 53.5 Å². The molecule has 3 aromatic rings. The molecule has 27 heavy (non-hydrogen) atoms. The molecule has 5 nitrogen and oxygen atoms in total. The number of benzene rings is 2. The number of hydrogen-bond acceptors (Lipinski definition) is 3. The Hall–Kier alpha value is -1.86. The Morgan fingerprint density at radius 2 is 1.74 bits per heavy atom. The number of hydrogen-bond donors (Lipinski definition) is 1. The van der Waals surface area contributed by atoms with Crippen LogP contribution in [0.1, 0.15) is 22.5 Å². The Bertz CT molecular complexity index is 1060. The second kappa shape index (κ2) is 8.02. The third-order valence-corrected chi connectivity index (χ3v) is 6.48. The van der Waals surface area contributed by atoms with E-state index in [4.69, 9.17) is 23.2 Å². The van der Waals surface area contributed by atoms with Crippen molar-refractivity contribution in [1.82, 2.24) is 14.5 Å². The lowest BCUT2D eigenvalue weighted by molar-refractivity contribution is 0.581. The summed E-state index contributed by atoms with van der Waals surface area (Å²) in [5.74, 6) is 0. The van der Waals surface area contributed by atoms with Crippen LogP contribution in [0.4, 0.5) is 0 Å². The monoisotopic (exact) mass is 423 g/mol. The van der Waals surface area contributed by atoms with E-state index >= 15 is 0 Å². The minimum absolute atomic E-state index is 0.0730. The van der Waals surface area contributed by atoms with Gasteiger partial charge in [0.2, 0.25) is 10.0 Å². The SMILES string of the molecule is Cc1nn(Cc2ccccc2)c(C)c1CNS(=O)(=O)c1ccc(Cl)c(Cl)c1. The van der Waals surface area contributed by atoms with Crippen LogP contribution in [-0.4, -0.2) is 18.2 Å². The average molecular weight is 424 g/mol. The highest BCUT2D eigenvalue weighted by Crippen LogP contribution is 2.25. The number of halogens is 2. The van der Waals surface area contributed by atoms with Crippen molar-refractivity contribution in [2.24, 2.45) is 0 Å². The van der Waals surface area contributed by atoms with E-state index in [2.05, 4.69) is 9.82 Å². The summed E-state index contributed by atoms with van der Waals surface area (Å²) in [6.07, 6.45) is 0. The number of aryl methyl sites for hydroxylation is 1. The quantitative estimate of drug-likeness (QED) is 0.641. The van der Waals surface area contributed by atoms with Gasteiger partial charge in [-0.2, -0.15) is 5.10 Å². The molecular weight excluding hydrogens is 405 g/mol. The Morgan fingerprint density at radius 1 is 1.04 bits per heavy atom. The van der Waals surface area contributed by atoms with Crippen molar-refractivity contribution in [3.63, 3.8) is 0 Å². The number of aromatic nitrogens is 2. The molecule has 0 amide bonds. The van der Waals surface area contributed by atoms with Gasteiger partial charge in [0.05, 0.1) is 27.2 Å². The summed E-state index contributed by atoms with van der Waals surface area (Å²) in [6.45, 7) is 4.59. The number of nitrogens with one attached hydrogen (secondary N) is 1. The number of sulfonamides is 1. The van der Waals surface area contributed by atoms with Crippen molar-refractivity contribution in [1.29, 1.82) is 0 Å². The van der Waals surface area contributed by atoms with Crippen LogP contribution >= 0.6 is 23.2 Å². The van der Waals surface area contributed by atoms with Crippen LogP contribution in [-0.2, 0) is 23.1 Å². The van der Waals surface area contributed by atoms with Crippen LogP contribution in [0, 0.1) is 13.8 Å². The summed E-state index contributed by atoms with van der Waals surface area (Å²) >= 11 is 11.8. The van der Waals surface area contributed by atoms with Crippen molar-refractivity contribution in [3.8, 4) is 0 Å². The summed E-state index contributed by atoms with van der Waals surface area (Å²) in [4.78, 5) is 0.0730. The molecule has 0 atom stereocenters. The first kappa shape index (κ1) is 19.9. The van der Waals surface area contributed by atoms with E-state index in [-0.39, 0.29) is 16.5 Å². The number of nitrogens with zero attached hydrogens (tertiary/aromatic N) is 2. The molecule has 0 radical (unpaired) electrons. The van der Waals surface area contributed by atoms with Crippen LogP contribution in [0.25, 0.3) is 0 Å². The zero-order valence-electron chi connectivity index (χ0n) is 14.9. The fourth-order valence-corrected chi connectivity index (χ4v) is 4.18. The lowest BCUT2D eigenvalue weighted by Gasteiger charge is -2.09. The van der Waals surface area contributed by atoms with Crippen molar-refractivity contribution < 1.29 is 8.42 Å². The van der Waals surface area contributed by atoms with E-state index in [1.165, 1.54) is 18.2 Å². The predicted octanol–water partition coefficient (Wildman–Crippen LogP) is 4.33. The summed E-state index contributed by atoms with van der Waals surface area (Å²) in [7, 11) is -3.71. The van der Waals surface area contributed by atoms with E-state index in [9.17, 15) is 8.42 Å². The first-order chi connectivity index (χ1) is 12.8. The molecule has 8 heteroatoms. The average Bonchev–Trinajstić information content (AvgIpc) is 2.89. The zero-order valence-corrected chi connectivity index (χ0v) is 17.2. The van der Waals surface area contributed by atoms with Gasteiger partial charge in [-0.3, -0.25) is 4.68 Å². The maximum atomic E-state index is 12.5. The molecule has 0 saturated carbocycles. The van der Waals surface area contributed by atoms with Crippen molar-refractivity contribution in [3.05, 3.63) is 81.1 Å². The van der Waals surface area contributed by atoms with Gasteiger partial charge in [0.15, 0.2) is 0 Å². The fraction of sp³-hybridized carbons (Fsp3) is 0.211. The highest BCUT2D eigenvalue weighted by Gasteiger charge is 2.18. The first-order valence-corrected chi connectivity index (χ1v) is 10.5. The van der Waals surface area contributed by atoms with E-state index in [0.29, 0.717) is 11.6 Å². The van der Waals surface area contributed by atoms with Crippen molar-refractivity contribution in [2.45, 2.75) is 31.8 Å². The lowest BCUT2D eigenvalue weighted by Crippen LogP contribution is -2.23. The van der Waals surface area contributed by atoms with Crippen LogP contribution in [0.15, 0.2) is 53.4 Å². The van der Waals surface area contributed by atoms with Gasteiger partial charge in [0.25, 0.3) is 0 Å². The third-order valence-electron chi connectivity index (χ3n) is 4.35. The van der Waals surface area contributed by atoms with Crippen LogP contribution in [0.5, 0.6) is 0 Å². The molecule has 0 aliphatic heterocycles. The molecule has 0 unspecified atom stereocenters. The summed E-state index contributed by atoms with van der Waals surface area (Å²) in [5.41, 5.74) is 3.70. The van der Waals surface area contributed by atoms with Gasteiger partial charge >= 0.3 is 0 Å². The van der Waals surface area contributed by atoms with Gasteiger partial charge in [-0.25, -0.2) is 13.1 Å². The Morgan fingerprint density at radius 3 is 2.41 bits per heavy atom. The highest BCUT2D eigenvalue weighted by molar-refractivity contribution is 7.89. The highest BCUT2D eigenvalue weighted by atomic mass is 35.5. The molecule has 0 fully saturated rings. The molecule has 0 saturated heterocycles. The minimum Gasteiger partial charge on any atom is -0.265 e. The van der Waals surface area contributed by atoms with Crippen molar-refractivity contribution in [2.75, 3.05) is 0 Å². The van der Waals surface area contributed by atoms with Crippen LogP contribution in [0.3, 0.4) is 0 Å². The molecule has 142 valence electrons. The Kier molecular flexibility index (Phi) is 5.91. The molecule has 0 aliphatic carbocycles. The van der Waals surface area contributed by atoms with E-state index in [0.717, 1.165) is 22.5 Å². The topological polar surface area (TPSA) is 64.0 Å². The van der Waals surface area contributed by atoms with E-state index in [1.54, 1.807) is 0 Å². The standard InChI is InChI=1S/C19H19Cl2N3O2S/c1-13-17(14(2)24(23-13)12-15-6-4-3-5-7-15)11-22-27(25,26)16-8-9-18(20)19(21)10-16/h3-10,22H,11-12H2,1-2H3. The fourth-order valence-electron chi connectivity index (χ4n) is 2.79. The zero-order chi connectivity index (χ0) is 19.6. The van der Waals surface area contributed by atoms with Crippen LogP contribution in [0.2, 0.25) is 10.0 Å². The summed E-state index contributed by atoms with van der Waals surface area (Å²) < 4.78 is 29.6. The Labute approximate surface area is 169 Å². The smallest absolute Gasteiger partial charge is 0.240 e. The summed E-state index contributed by atoms with van der Waals surface area (Å²) in [5, 5.41) is 5.05. The normalized spacial score (nSPS) is 11.7. The van der Waals surface area contributed by atoms with Crippen LogP contribution < -0.4 is 4.72 Å². The maximum absolute atomic E-state index is 12.5. The molecule has 0 aliphatic rings. The molecule has 1 N–H and O–H groups in total. The largest absolute Gasteiger partial charge is 0.265 e. The van der Waals surface area contributed by atoms with E-state index in [1.807, 2.05) is 48.9 Å². The Balaban J connectivity index is 1.78. The predicted molar refractivity (Wildman–Crippen MR) is 108 cm³/mol. The maximum Gasteiger partial charge on any atom is 0.240 e. The van der Waals surface area contributed by atoms with Gasteiger partial charge in [0.1, 0.15) is 0 Å². The third kappa shape index (κ3) is 4.52. The molecule has 1 aromatic heterocycles. The minimum atomic E-state index is -3.71. The molecule has 1 heterocycles. The van der Waals surface area contributed by atoms with E-state index < -0.39 is 10.0 Å². The first-order valence-electron chi connectivity index (χ1n) is 8.29. The molecule has 0 bridgehead atoms. The molecular formula is C19H19Cl2N3O2S. The van der Waals surface area contributed by atoms with Gasteiger partial charge in [-0.15, -0.1) is 0 Å². The van der Waals surface area contributed by atoms with Gasteiger partial charge in [0, 0.05) is 17.8 Å². The molecule has 2 aromatic carbocycles.